The molecule has 2 aromatic rings. The summed E-state index contributed by atoms with van der Waals surface area (Å²) in [6, 6.07) is 17.2. The van der Waals surface area contributed by atoms with Gasteiger partial charge in [0.05, 0.1) is 13.2 Å². The molecule has 2 heterocycles. The van der Waals surface area contributed by atoms with Crippen LogP contribution in [0.15, 0.2) is 65.8 Å². The molecule has 0 aliphatic carbocycles. The second kappa shape index (κ2) is 19.4. The molecule has 2 aliphatic heterocycles. The van der Waals surface area contributed by atoms with Crippen molar-refractivity contribution in [2.75, 3.05) is 20.3 Å². The fraction of sp³-hybridized carbons (Fsp3) is 0.559. The Morgan fingerprint density at radius 3 is 1.92 bits per heavy atom. The molecule has 2 fully saturated rings. The van der Waals surface area contributed by atoms with Crippen molar-refractivity contribution in [3.63, 3.8) is 0 Å². The van der Waals surface area contributed by atoms with E-state index in [1.807, 2.05) is 60.7 Å². The largest absolute Gasteiger partial charge is 0.463 e. The van der Waals surface area contributed by atoms with Gasteiger partial charge in [-0.3, -0.25) is 14.4 Å². The van der Waals surface area contributed by atoms with E-state index in [0.29, 0.717) is 0 Å². The fourth-order valence-electron chi connectivity index (χ4n) is 5.71. The van der Waals surface area contributed by atoms with Crippen molar-refractivity contribution in [2.24, 2.45) is 5.11 Å². The summed E-state index contributed by atoms with van der Waals surface area (Å²) < 4.78 is 52.1. The topological polar surface area (TPSA) is 223 Å². The van der Waals surface area contributed by atoms with Gasteiger partial charge in [-0.2, -0.15) is 0 Å². The van der Waals surface area contributed by atoms with E-state index >= 15 is 0 Å². The minimum Gasteiger partial charge on any atom is -0.463 e. The molecule has 278 valence electrons. The van der Waals surface area contributed by atoms with Crippen LogP contribution in [0.4, 0.5) is 0 Å². The first kappa shape index (κ1) is 39.6. The molecule has 17 nitrogen and oxygen atoms in total. The molecule has 2 aromatic carbocycles. The Labute approximate surface area is 294 Å². The summed E-state index contributed by atoms with van der Waals surface area (Å²) in [5.41, 5.74) is 11.3. The number of carbonyl (C=O) groups excluding carboxylic acids is 3. The lowest BCUT2D eigenvalue weighted by Gasteiger charge is -2.48. The fourth-order valence-corrected chi connectivity index (χ4v) is 5.71. The van der Waals surface area contributed by atoms with Crippen molar-refractivity contribution in [2.45, 2.75) is 101 Å². The van der Waals surface area contributed by atoms with Crippen LogP contribution in [0, 0.1) is 0 Å². The summed E-state index contributed by atoms with van der Waals surface area (Å²) in [5, 5.41) is 26.5. The van der Waals surface area contributed by atoms with Gasteiger partial charge < -0.3 is 52.8 Å². The predicted molar refractivity (Wildman–Crippen MR) is 173 cm³/mol. The molecule has 11 atom stereocenters. The number of nitrogens with zero attached hydrogens (tertiary/aromatic N) is 3. The highest BCUT2D eigenvalue weighted by molar-refractivity contribution is 5.67. The van der Waals surface area contributed by atoms with Crippen LogP contribution in [0.5, 0.6) is 0 Å². The normalized spacial score (nSPS) is 29.6. The van der Waals surface area contributed by atoms with E-state index in [1.165, 1.54) is 14.0 Å². The number of rotatable bonds is 16. The van der Waals surface area contributed by atoms with Crippen molar-refractivity contribution in [1.29, 1.82) is 0 Å². The number of azide groups is 1. The Kier molecular flexibility index (Phi) is 15.1. The van der Waals surface area contributed by atoms with Crippen LogP contribution in [-0.2, 0) is 70.2 Å². The number of methoxy groups -OCH3 is 1. The lowest BCUT2D eigenvalue weighted by molar-refractivity contribution is -0.359. The Morgan fingerprint density at radius 1 is 0.804 bits per heavy atom. The summed E-state index contributed by atoms with van der Waals surface area (Å²) in [7, 11) is 1.24. The highest BCUT2D eigenvalue weighted by Gasteiger charge is 2.54. The molecular formula is C34H43N3O14. The van der Waals surface area contributed by atoms with Gasteiger partial charge in [0.2, 0.25) is 0 Å². The van der Waals surface area contributed by atoms with E-state index in [1.54, 1.807) is 0 Å². The lowest BCUT2D eigenvalue weighted by atomic mass is 9.94. The molecule has 0 radical (unpaired) electrons. The number of aliphatic hydroxyl groups excluding tert-OH is 2. The van der Waals surface area contributed by atoms with Gasteiger partial charge in [0.1, 0.15) is 62.0 Å². The first-order valence-corrected chi connectivity index (χ1v) is 16.2. The number of esters is 3. The van der Waals surface area contributed by atoms with Crippen LogP contribution in [0.3, 0.4) is 0 Å². The molecule has 17 heteroatoms. The average molecular weight is 718 g/mol. The quantitative estimate of drug-likeness (QED) is 0.0835. The van der Waals surface area contributed by atoms with Gasteiger partial charge in [-0.15, -0.1) is 0 Å². The number of hydrogen-bond acceptors (Lipinski definition) is 15. The van der Waals surface area contributed by atoms with E-state index in [2.05, 4.69) is 10.0 Å². The standard InChI is InChI=1S/C34H43N3O14/c1-19(38)44-17-24(48-21(3)40)29-27(41)28(42)32(34(43-4)50-29)51-33-26(36-37-35)31(47-16-23-13-9-6-10-14-23)30(25(49-33)18-45-20(2)39)46-15-22-11-7-5-8-12-22/h5-14,24-34,41-42H,15-18H2,1-4H3/t24-,25+,26+,27-,28-,29+,30+,31+,32-,33+,34+/m0/s1. The summed E-state index contributed by atoms with van der Waals surface area (Å²) in [6.45, 7) is 2.83. The molecule has 51 heavy (non-hydrogen) atoms. The molecule has 4 rings (SSSR count). The number of aliphatic hydroxyl groups is 2. The Hall–Kier alpha value is -4.16. The molecule has 0 unspecified atom stereocenters. The molecule has 0 bridgehead atoms. The highest BCUT2D eigenvalue weighted by atomic mass is 16.8. The zero-order chi connectivity index (χ0) is 36.9. The highest BCUT2D eigenvalue weighted by Crippen LogP contribution is 2.35. The van der Waals surface area contributed by atoms with Crippen molar-refractivity contribution in [3.8, 4) is 0 Å². The summed E-state index contributed by atoms with van der Waals surface area (Å²) in [4.78, 5) is 38.3. The number of benzene rings is 2. The molecule has 0 saturated carbocycles. The van der Waals surface area contributed by atoms with Gasteiger partial charge in [-0.05, 0) is 16.7 Å². The number of carbonyl (C=O) groups is 3. The van der Waals surface area contributed by atoms with Crippen LogP contribution >= 0.6 is 0 Å². The first-order valence-electron chi connectivity index (χ1n) is 16.2. The lowest BCUT2D eigenvalue weighted by Crippen LogP contribution is -2.66. The summed E-state index contributed by atoms with van der Waals surface area (Å²) in [6.07, 6.45) is -13.8. The van der Waals surface area contributed by atoms with Gasteiger partial charge >= 0.3 is 17.9 Å². The Morgan fingerprint density at radius 2 is 1.39 bits per heavy atom. The third kappa shape index (κ3) is 11.2. The Balaban J connectivity index is 1.66. The minimum atomic E-state index is -1.78. The van der Waals surface area contributed by atoms with Crippen molar-refractivity contribution in [3.05, 3.63) is 82.2 Å². The van der Waals surface area contributed by atoms with Gasteiger partial charge in [0, 0.05) is 32.8 Å². The van der Waals surface area contributed by atoms with Gasteiger partial charge in [-0.1, -0.05) is 65.8 Å². The SMILES string of the molecule is CO[C@@H]1O[C@H]([C@H](COC(C)=O)OC(C)=O)[C@@H](O)[C@H](O)[C@@H]1O[C@H]1O[C@H](COC(C)=O)[C@@H](OCc2ccccc2)[C@H](OCc2ccccc2)[C@H]1N=[N+]=[N-]. The predicted octanol–water partition coefficient (Wildman–Crippen LogP) is 2.10. The molecule has 0 aromatic heterocycles. The third-order valence-corrected chi connectivity index (χ3v) is 8.06. The van der Waals surface area contributed by atoms with E-state index in [9.17, 15) is 30.1 Å². The first-order chi connectivity index (χ1) is 24.5. The summed E-state index contributed by atoms with van der Waals surface area (Å²) >= 11 is 0. The summed E-state index contributed by atoms with van der Waals surface area (Å²) in [5.74, 6) is -2.04. The van der Waals surface area contributed by atoms with Crippen LogP contribution in [0.25, 0.3) is 10.4 Å². The molecule has 2 aliphatic rings. The van der Waals surface area contributed by atoms with E-state index in [-0.39, 0.29) is 19.8 Å². The van der Waals surface area contributed by atoms with Crippen molar-refractivity contribution in [1.82, 2.24) is 0 Å². The van der Waals surface area contributed by atoms with Gasteiger partial charge in [0.15, 0.2) is 18.7 Å². The average Bonchev–Trinajstić information content (AvgIpc) is 3.11. The maximum atomic E-state index is 11.9. The molecule has 0 amide bonds. The van der Waals surface area contributed by atoms with Crippen LogP contribution in [0.1, 0.15) is 31.9 Å². The van der Waals surface area contributed by atoms with Gasteiger partial charge in [-0.25, -0.2) is 0 Å². The molecular weight excluding hydrogens is 674 g/mol. The van der Waals surface area contributed by atoms with E-state index in [4.69, 9.17) is 42.6 Å². The maximum absolute atomic E-state index is 11.9. The van der Waals surface area contributed by atoms with Crippen LogP contribution in [0.2, 0.25) is 0 Å². The zero-order valence-electron chi connectivity index (χ0n) is 28.6. The number of ether oxygens (including phenoxy) is 9. The van der Waals surface area contributed by atoms with Crippen molar-refractivity contribution < 1.29 is 67.2 Å². The van der Waals surface area contributed by atoms with Crippen LogP contribution in [-0.4, -0.2) is 116 Å². The number of hydrogen-bond donors (Lipinski definition) is 2. The minimum absolute atomic E-state index is 0.0529. The molecule has 2 saturated heterocycles. The van der Waals surface area contributed by atoms with Crippen molar-refractivity contribution >= 4 is 17.9 Å². The monoisotopic (exact) mass is 717 g/mol. The maximum Gasteiger partial charge on any atom is 0.303 e. The second-order valence-corrected chi connectivity index (χ2v) is 11.8. The molecule has 2 N–H and O–H groups in total. The second-order valence-electron chi connectivity index (χ2n) is 11.8. The van der Waals surface area contributed by atoms with Crippen LogP contribution < -0.4 is 0 Å². The van der Waals surface area contributed by atoms with E-state index < -0.39 is 92.0 Å². The van der Waals surface area contributed by atoms with Gasteiger partial charge in [0.25, 0.3) is 0 Å². The molecule has 0 spiro atoms. The Bertz CT molecular complexity index is 1460. The zero-order valence-corrected chi connectivity index (χ0v) is 28.6. The smallest absolute Gasteiger partial charge is 0.303 e. The third-order valence-electron chi connectivity index (χ3n) is 8.06. The van der Waals surface area contributed by atoms with E-state index in [0.717, 1.165) is 25.0 Å².